The molecule has 1 aliphatic heterocycles. The van der Waals surface area contributed by atoms with E-state index in [-0.39, 0.29) is 11.7 Å². The van der Waals surface area contributed by atoms with Crippen LogP contribution in [-0.2, 0) is 4.79 Å². The minimum absolute atomic E-state index is 0.0819. The fourth-order valence-electron chi connectivity index (χ4n) is 4.78. The number of anilines is 1. The van der Waals surface area contributed by atoms with Crippen molar-refractivity contribution in [2.45, 2.75) is 5.16 Å². The first-order valence-corrected chi connectivity index (χ1v) is 13.7. The molecule has 39 heavy (non-hydrogen) atoms. The minimum Gasteiger partial charge on any atom is -0.493 e. The molecular weight excluding hydrogens is 512 g/mol. The van der Waals surface area contributed by atoms with E-state index >= 15 is 0 Å². The number of amides is 1. The summed E-state index contributed by atoms with van der Waals surface area (Å²) in [6, 6.07) is 23.8. The lowest BCUT2D eigenvalue weighted by molar-refractivity contribution is -0.128. The molecule has 0 spiro atoms. The molecule has 1 amide bonds. The molecule has 0 atom stereocenters. The molecule has 0 N–H and O–H groups in total. The zero-order valence-electron chi connectivity index (χ0n) is 21.8. The predicted octanol–water partition coefficient (Wildman–Crippen LogP) is 4.40. The van der Waals surface area contributed by atoms with Crippen molar-refractivity contribution in [3.05, 3.63) is 72.8 Å². The highest BCUT2D eigenvalue weighted by Gasteiger charge is 2.23. The fourth-order valence-corrected chi connectivity index (χ4v) is 5.63. The normalized spacial score (nSPS) is 13.7. The van der Waals surface area contributed by atoms with Crippen LogP contribution in [-0.4, -0.2) is 76.5 Å². The number of nitrogens with zero attached hydrogens (tertiary/aromatic N) is 6. The van der Waals surface area contributed by atoms with Crippen molar-refractivity contribution in [1.29, 1.82) is 0 Å². The van der Waals surface area contributed by atoms with Crippen molar-refractivity contribution in [3.63, 3.8) is 0 Å². The van der Waals surface area contributed by atoms with Gasteiger partial charge in [-0.05, 0) is 18.2 Å². The maximum absolute atomic E-state index is 13.2. The third kappa shape index (κ3) is 4.95. The molecule has 3 heterocycles. The first kappa shape index (κ1) is 25.0. The molecule has 2 aromatic heterocycles. The van der Waals surface area contributed by atoms with Gasteiger partial charge in [-0.1, -0.05) is 60.3 Å². The maximum Gasteiger partial charge on any atom is 0.233 e. The van der Waals surface area contributed by atoms with Crippen LogP contribution in [0.1, 0.15) is 0 Å². The van der Waals surface area contributed by atoms with E-state index < -0.39 is 0 Å². The maximum atomic E-state index is 13.2. The van der Waals surface area contributed by atoms with Crippen LogP contribution in [0.3, 0.4) is 0 Å². The van der Waals surface area contributed by atoms with Gasteiger partial charge in [0.15, 0.2) is 28.1 Å². The van der Waals surface area contributed by atoms with E-state index in [1.165, 1.54) is 17.4 Å². The molecule has 0 aliphatic carbocycles. The number of rotatable bonds is 7. The number of fused-ring (bicyclic) bond motifs is 3. The molecule has 6 rings (SSSR count). The van der Waals surface area contributed by atoms with Crippen LogP contribution in [0.2, 0.25) is 0 Å². The standard InChI is InChI=1S/C29H28N6O3S/c1-37-24-17-22-23(18-25(24)38-2)30-29(35-28(22)31-27(32-35)20-9-5-3-6-10-20)39-19-26(36)34-15-13-33(14-16-34)21-11-7-4-8-12-21/h3-12,17-18H,13-16,19H2,1-2H3. The summed E-state index contributed by atoms with van der Waals surface area (Å²) in [5.41, 5.74) is 3.43. The number of ether oxygens (including phenoxy) is 2. The lowest BCUT2D eigenvalue weighted by Crippen LogP contribution is -2.49. The first-order valence-electron chi connectivity index (χ1n) is 12.7. The van der Waals surface area contributed by atoms with Gasteiger partial charge in [0.1, 0.15) is 0 Å². The van der Waals surface area contributed by atoms with E-state index in [1.807, 2.05) is 65.6 Å². The highest BCUT2D eigenvalue weighted by Crippen LogP contribution is 2.35. The number of carbonyl (C=O) groups is 1. The van der Waals surface area contributed by atoms with Gasteiger partial charge < -0.3 is 19.3 Å². The van der Waals surface area contributed by atoms with Crippen molar-refractivity contribution in [3.8, 4) is 22.9 Å². The quantitative estimate of drug-likeness (QED) is 0.222. The van der Waals surface area contributed by atoms with Gasteiger partial charge >= 0.3 is 0 Å². The highest BCUT2D eigenvalue weighted by atomic mass is 32.2. The Morgan fingerprint density at radius 3 is 2.23 bits per heavy atom. The number of piperazine rings is 1. The van der Waals surface area contributed by atoms with E-state index in [4.69, 9.17) is 24.5 Å². The Balaban J connectivity index is 1.28. The van der Waals surface area contributed by atoms with E-state index in [2.05, 4.69) is 17.0 Å². The molecule has 0 unspecified atom stereocenters. The van der Waals surface area contributed by atoms with Crippen LogP contribution in [0, 0.1) is 0 Å². The lowest BCUT2D eigenvalue weighted by atomic mass is 10.2. The SMILES string of the molecule is COc1cc2nc(SCC(=O)N3CCN(c4ccccc4)CC3)n3nc(-c4ccccc4)nc3c2cc1OC. The third-order valence-electron chi connectivity index (χ3n) is 6.86. The smallest absolute Gasteiger partial charge is 0.233 e. The van der Waals surface area contributed by atoms with Gasteiger partial charge in [-0.2, -0.15) is 4.52 Å². The first-order chi connectivity index (χ1) is 19.1. The van der Waals surface area contributed by atoms with E-state index in [0.29, 0.717) is 46.7 Å². The van der Waals surface area contributed by atoms with Crippen molar-refractivity contribution in [2.75, 3.05) is 51.1 Å². The second kappa shape index (κ2) is 10.8. The van der Waals surface area contributed by atoms with Gasteiger partial charge in [-0.15, -0.1) is 5.10 Å². The van der Waals surface area contributed by atoms with E-state index in [0.717, 1.165) is 24.0 Å². The molecular formula is C29H28N6O3S. The summed E-state index contributed by atoms with van der Waals surface area (Å²) in [5, 5.41) is 6.16. The monoisotopic (exact) mass is 540 g/mol. The molecule has 0 radical (unpaired) electrons. The number of aromatic nitrogens is 4. The van der Waals surface area contributed by atoms with Gasteiger partial charge in [-0.25, -0.2) is 9.97 Å². The second-order valence-electron chi connectivity index (χ2n) is 9.15. The van der Waals surface area contributed by atoms with Crippen LogP contribution >= 0.6 is 11.8 Å². The largest absolute Gasteiger partial charge is 0.493 e. The van der Waals surface area contributed by atoms with Crippen LogP contribution in [0.25, 0.3) is 27.9 Å². The average Bonchev–Trinajstić information content (AvgIpc) is 3.46. The molecule has 0 saturated carbocycles. The highest BCUT2D eigenvalue weighted by molar-refractivity contribution is 7.99. The summed E-state index contributed by atoms with van der Waals surface area (Å²) in [4.78, 5) is 27.2. The topological polar surface area (TPSA) is 85.1 Å². The second-order valence-corrected chi connectivity index (χ2v) is 10.1. The van der Waals surface area contributed by atoms with Crippen molar-refractivity contribution in [2.24, 2.45) is 0 Å². The van der Waals surface area contributed by atoms with E-state index in [9.17, 15) is 4.79 Å². The Labute approximate surface area is 230 Å². The van der Waals surface area contributed by atoms with Gasteiger partial charge in [0.05, 0.1) is 25.5 Å². The molecule has 3 aromatic carbocycles. The summed E-state index contributed by atoms with van der Waals surface area (Å²) >= 11 is 1.37. The molecule has 198 valence electrons. The number of methoxy groups -OCH3 is 2. The van der Waals surface area contributed by atoms with Crippen LogP contribution in [0.15, 0.2) is 78.0 Å². The van der Waals surface area contributed by atoms with Crippen molar-refractivity contribution >= 4 is 39.9 Å². The van der Waals surface area contributed by atoms with Crippen LogP contribution in [0.5, 0.6) is 11.5 Å². The zero-order valence-corrected chi connectivity index (χ0v) is 22.6. The summed E-state index contributed by atoms with van der Waals surface area (Å²) in [5.74, 6) is 2.09. The Hall–Kier alpha value is -4.31. The van der Waals surface area contributed by atoms with Crippen LogP contribution in [0.4, 0.5) is 5.69 Å². The Morgan fingerprint density at radius 1 is 0.872 bits per heavy atom. The number of carbonyl (C=O) groups excluding carboxylic acids is 1. The molecule has 5 aromatic rings. The Kier molecular flexibility index (Phi) is 6.93. The molecule has 0 bridgehead atoms. The fraction of sp³-hybridized carbons (Fsp3) is 0.241. The molecule has 9 nitrogen and oxygen atoms in total. The van der Waals surface area contributed by atoms with Gasteiger partial charge in [-0.3, -0.25) is 4.79 Å². The lowest BCUT2D eigenvalue weighted by Gasteiger charge is -2.36. The summed E-state index contributed by atoms with van der Waals surface area (Å²) < 4.78 is 12.8. The summed E-state index contributed by atoms with van der Waals surface area (Å²) in [6.07, 6.45) is 0. The van der Waals surface area contributed by atoms with Gasteiger partial charge in [0.2, 0.25) is 5.91 Å². The number of hydrogen-bond donors (Lipinski definition) is 0. The molecule has 10 heteroatoms. The van der Waals surface area contributed by atoms with Gasteiger partial charge in [0, 0.05) is 48.9 Å². The molecule has 1 saturated heterocycles. The number of hydrogen-bond acceptors (Lipinski definition) is 8. The number of thioether (sulfide) groups is 1. The van der Waals surface area contributed by atoms with Gasteiger partial charge in [0.25, 0.3) is 0 Å². The van der Waals surface area contributed by atoms with E-state index in [1.54, 1.807) is 18.7 Å². The summed E-state index contributed by atoms with van der Waals surface area (Å²) in [6.45, 7) is 2.99. The van der Waals surface area contributed by atoms with Crippen molar-refractivity contribution < 1.29 is 14.3 Å². The Bertz CT molecular complexity index is 1620. The molecule has 1 fully saturated rings. The zero-order chi connectivity index (χ0) is 26.8. The predicted molar refractivity (Wildman–Crippen MR) is 153 cm³/mol. The van der Waals surface area contributed by atoms with Crippen molar-refractivity contribution in [1.82, 2.24) is 24.5 Å². The third-order valence-corrected chi connectivity index (χ3v) is 7.77. The average molecular weight is 541 g/mol. The molecule has 1 aliphatic rings. The van der Waals surface area contributed by atoms with Crippen LogP contribution < -0.4 is 14.4 Å². The Morgan fingerprint density at radius 2 is 1.54 bits per heavy atom. The summed E-state index contributed by atoms with van der Waals surface area (Å²) in [7, 11) is 3.20. The number of benzene rings is 3. The minimum atomic E-state index is 0.0819. The number of para-hydroxylation sites is 1.